The minimum Gasteiger partial charge on any atom is -0.395 e. The predicted molar refractivity (Wildman–Crippen MR) is 73.2 cm³/mol. The molecule has 2 N–H and O–H groups in total. The molecule has 1 aliphatic carbocycles. The lowest BCUT2D eigenvalue weighted by Crippen LogP contribution is -2.46. The summed E-state index contributed by atoms with van der Waals surface area (Å²) < 4.78 is 0. The molecule has 17 heavy (non-hydrogen) atoms. The van der Waals surface area contributed by atoms with Crippen LogP contribution in [-0.4, -0.2) is 48.8 Å². The predicted octanol–water partition coefficient (Wildman–Crippen LogP) is 1.86. The van der Waals surface area contributed by atoms with Crippen molar-refractivity contribution < 1.29 is 5.11 Å². The maximum atomic E-state index is 9.16. The van der Waals surface area contributed by atoms with E-state index in [9.17, 15) is 0 Å². The van der Waals surface area contributed by atoms with E-state index in [1.54, 1.807) is 0 Å². The van der Waals surface area contributed by atoms with Gasteiger partial charge in [-0.2, -0.15) is 0 Å². The van der Waals surface area contributed by atoms with Crippen LogP contribution in [0.3, 0.4) is 0 Å². The van der Waals surface area contributed by atoms with Gasteiger partial charge in [0.2, 0.25) is 0 Å². The van der Waals surface area contributed by atoms with Crippen molar-refractivity contribution in [2.45, 2.75) is 52.5 Å². The lowest BCUT2D eigenvalue weighted by atomic mass is 9.85. The number of aliphatic hydroxyl groups excluding tert-OH is 1. The van der Waals surface area contributed by atoms with Crippen LogP contribution in [0.15, 0.2) is 0 Å². The normalized spacial score (nSPS) is 19.4. The van der Waals surface area contributed by atoms with Gasteiger partial charge in [0, 0.05) is 25.7 Å². The molecule has 3 nitrogen and oxygen atoms in total. The van der Waals surface area contributed by atoms with Crippen LogP contribution in [-0.2, 0) is 0 Å². The van der Waals surface area contributed by atoms with Crippen molar-refractivity contribution in [3.63, 3.8) is 0 Å². The first-order chi connectivity index (χ1) is 8.13. The molecule has 0 unspecified atom stereocenters. The van der Waals surface area contributed by atoms with E-state index in [-0.39, 0.29) is 6.61 Å². The number of aliphatic hydroxyl groups is 1. The number of rotatable bonds is 8. The third-order valence-corrected chi connectivity index (χ3v) is 4.07. The molecule has 0 aromatic heterocycles. The Kier molecular flexibility index (Phi) is 6.45. The summed E-state index contributed by atoms with van der Waals surface area (Å²) in [5, 5.41) is 12.7. The second-order valence-electron chi connectivity index (χ2n) is 5.78. The van der Waals surface area contributed by atoms with Gasteiger partial charge in [-0.3, -0.25) is 4.90 Å². The van der Waals surface area contributed by atoms with Gasteiger partial charge < -0.3 is 10.4 Å². The van der Waals surface area contributed by atoms with Gasteiger partial charge in [-0.1, -0.05) is 19.8 Å². The van der Waals surface area contributed by atoms with Crippen LogP contribution in [0.1, 0.15) is 46.5 Å². The fourth-order valence-corrected chi connectivity index (χ4v) is 2.99. The van der Waals surface area contributed by atoms with Crippen LogP contribution in [0.2, 0.25) is 0 Å². The van der Waals surface area contributed by atoms with Crippen molar-refractivity contribution in [3.05, 3.63) is 0 Å². The molecule has 1 rings (SSSR count). The summed E-state index contributed by atoms with van der Waals surface area (Å²) in [7, 11) is 0. The average Bonchev–Trinajstić information content (AvgIpc) is 2.75. The van der Waals surface area contributed by atoms with E-state index < -0.39 is 0 Å². The molecule has 1 saturated carbocycles. The number of hydrogen-bond acceptors (Lipinski definition) is 3. The highest BCUT2D eigenvalue weighted by Gasteiger charge is 2.35. The van der Waals surface area contributed by atoms with Gasteiger partial charge in [-0.25, -0.2) is 0 Å². The summed E-state index contributed by atoms with van der Waals surface area (Å²) in [6.07, 6.45) is 5.43. The molecular formula is C14H30N2O. The Morgan fingerprint density at radius 2 is 1.94 bits per heavy atom. The molecule has 0 saturated heterocycles. The summed E-state index contributed by atoms with van der Waals surface area (Å²) in [6, 6.07) is 0.529. The van der Waals surface area contributed by atoms with Gasteiger partial charge in [0.25, 0.3) is 0 Å². The Morgan fingerprint density at radius 3 is 2.41 bits per heavy atom. The minimum absolute atomic E-state index is 0.273. The number of nitrogens with one attached hydrogen (secondary N) is 1. The van der Waals surface area contributed by atoms with Crippen LogP contribution in [0.25, 0.3) is 0 Å². The number of hydrogen-bond donors (Lipinski definition) is 2. The van der Waals surface area contributed by atoms with E-state index >= 15 is 0 Å². The van der Waals surface area contributed by atoms with E-state index in [1.807, 2.05) is 0 Å². The molecule has 102 valence electrons. The van der Waals surface area contributed by atoms with Crippen LogP contribution in [0.4, 0.5) is 0 Å². The first-order valence-electron chi connectivity index (χ1n) is 7.19. The molecule has 0 atom stereocenters. The standard InChI is InChI=1S/C14H30N2O/c1-4-15-11-14(7-5-6-8-14)12-16(9-10-17)13(2)3/h13,15,17H,4-12H2,1-3H3. The van der Waals surface area contributed by atoms with E-state index in [0.29, 0.717) is 11.5 Å². The van der Waals surface area contributed by atoms with Gasteiger partial charge >= 0.3 is 0 Å². The molecule has 3 heteroatoms. The minimum atomic E-state index is 0.273. The van der Waals surface area contributed by atoms with Crippen molar-refractivity contribution in [3.8, 4) is 0 Å². The summed E-state index contributed by atoms with van der Waals surface area (Å²) in [5.74, 6) is 0. The van der Waals surface area contributed by atoms with E-state index in [1.165, 1.54) is 25.7 Å². The largest absolute Gasteiger partial charge is 0.395 e. The third kappa shape index (κ3) is 4.57. The molecule has 0 heterocycles. The Labute approximate surface area is 107 Å². The summed E-state index contributed by atoms with van der Waals surface area (Å²) in [6.45, 7) is 11.1. The number of nitrogens with zero attached hydrogens (tertiary/aromatic N) is 1. The van der Waals surface area contributed by atoms with Crippen LogP contribution >= 0.6 is 0 Å². The Bertz CT molecular complexity index is 200. The van der Waals surface area contributed by atoms with E-state index in [0.717, 1.165) is 26.2 Å². The summed E-state index contributed by atoms with van der Waals surface area (Å²) in [4.78, 5) is 2.43. The zero-order chi connectivity index (χ0) is 12.7. The highest BCUT2D eigenvalue weighted by atomic mass is 16.3. The maximum Gasteiger partial charge on any atom is 0.0558 e. The van der Waals surface area contributed by atoms with Crippen LogP contribution < -0.4 is 5.32 Å². The average molecular weight is 242 g/mol. The molecule has 0 bridgehead atoms. The Balaban J connectivity index is 2.57. The van der Waals surface area contributed by atoms with E-state index in [2.05, 4.69) is 31.0 Å². The van der Waals surface area contributed by atoms with Gasteiger partial charge in [0.05, 0.1) is 6.61 Å². The SMILES string of the molecule is CCNCC1(CN(CCO)C(C)C)CCCC1. The van der Waals surface area contributed by atoms with Crippen molar-refractivity contribution >= 4 is 0 Å². The molecule has 0 aromatic carbocycles. The molecule has 0 aliphatic heterocycles. The van der Waals surface area contributed by atoms with E-state index in [4.69, 9.17) is 5.11 Å². The monoisotopic (exact) mass is 242 g/mol. The quantitative estimate of drug-likeness (QED) is 0.682. The van der Waals surface area contributed by atoms with Crippen LogP contribution in [0.5, 0.6) is 0 Å². The summed E-state index contributed by atoms with van der Waals surface area (Å²) >= 11 is 0. The smallest absolute Gasteiger partial charge is 0.0558 e. The van der Waals surface area contributed by atoms with Gasteiger partial charge in [0.1, 0.15) is 0 Å². The molecule has 0 aromatic rings. The lowest BCUT2D eigenvalue weighted by Gasteiger charge is -2.37. The molecule has 0 amide bonds. The molecule has 1 fully saturated rings. The Hall–Kier alpha value is -0.120. The first-order valence-corrected chi connectivity index (χ1v) is 7.19. The second kappa shape index (κ2) is 7.34. The molecule has 0 radical (unpaired) electrons. The Morgan fingerprint density at radius 1 is 1.29 bits per heavy atom. The highest BCUT2D eigenvalue weighted by molar-refractivity contribution is 4.90. The van der Waals surface area contributed by atoms with Crippen molar-refractivity contribution in [1.82, 2.24) is 10.2 Å². The molecule has 1 aliphatic rings. The lowest BCUT2D eigenvalue weighted by molar-refractivity contribution is 0.1000. The van der Waals surface area contributed by atoms with Crippen molar-refractivity contribution in [2.24, 2.45) is 5.41 Å². The zero-order valence-corrected chi connectivity index (χ0v) is 11.8. The molecular weight excluding hydrogens is 212 g/mol. The van der Waals surface area contributed by atoms with Gasteiger partial charge in [-0.05, 0) is 38.6 Å². The molecule has 0 spiro atoms. The fourth-order valence-electron chi connectivity index (χ4n) is 2.99. The summed E-state index contributed by atoms with van der Waals surface area (Å²) in [5.41, 5.74) is 0.454. The van der Waals surface area contributed by atoms with Crippen molar-refractivity contribution in [2.75, 3.05) is 32.8 Å². The third-order valence-electron chi connectivity index (χ3n) is 4.07. The maximum absolute atomic E-state index is 9.16. The first kappa shape index (κ1) is 14.9. The van der Waals surface area contributed by atoms with Crippen LogP contribution in [0, 0.1) is 5.41 Å². The van der Waals surface area contributed by atoms with Gasteiger partial charge in [-0.15, -0.1) is 0 Å². The fraction of sp³-hybridized carbons (Fsp3) is 1.00. The van der Waals surface area contributed by atoms with Crippen molar-refractivity contribution in [1.29, 1.82) is 0 Å². The second-order valence-corrected chi connectivity index (χ2v) is 5.78. The van der Waals surface area contributed by atoms with Gasteiger partial charge in [0.15, 0.2) is 0 Å². The zero-order valence-electron chi connectivity index (χ0n) is 11.8. The topological polar surface area (TPSA) is 35.5 Å². The highest BCUT2D eigenvalue weighted by Crippen LogP contribution is 2.38.